The number of ether oxygens (including phenoxy) is 2. The molecule has 40 heavy (non-hydrogen) atoms. The van der Waals surface area contributed by atoms with Crippen molar-refractivity contribution >= 4 is 44.0 Å². The highest BCUT2D eigenvalue weighted by Crippen LogP contribution is 2.37. The van der Waals surface area contributed by atoms with E-state index in [0.29, 0.717) is 49.3 Å². The number of fused-ring (bicyclic) bond motifs is 2. The summed E-state index contributed by atoms with van der Waals surface area (Å²) in [5, 5.41) is 5.84. The van der Waals surface area contributed by atoms with Gasteiger partial charge in [0.15, 0.2) is 17.3 Å². The van der Waals surface area contributed by atoms with Crippen LogP contribution in [0.4, 0.5) is 4.39 Å². The Morgan fingerprint density at radius 2 is 1.85 bits per heavy atom. The Labute approximate surface area is 236 Å². The van der Waals surface area contributed by atoms with Crippen LogP contribution in [0.2, 0.25) is 0 Å². The zero-order valence-electron chi connectivity index (χ0n) is 21.2. The minimum Gasteiger partial charge on any atom is -0.493 e. The molecule has 0 atom stereocenters. The average Bonchev–Trinajstić information content (AvgIpc) is 3.40. The van der Waals surface area contributed by atoms with E-state index in [9.17, 15) is 9.18 Å². The van der Waals surface area contributed by atoms with Crippen LogP contribution < -0.4 is 15.0 Å². The first-order chi connectivity index (χ1) is 19.5. The first-order valence-corrected chi connectivity index (χ1v) is 13.1. The molecule has 0 saturated carbocycles. The van der Waals surface area contributed by atoms with Crippen molar-refractivity contribution < 1.29 is 18.3 Å². The number of hydrogen-bond acceptors (Lipinski definition) is 6. The molecular weight excluding hydrogens is 577 g/mol. The number of hydrogen-bond donors (Lipinski definition) is 0. The van der Waals surface area contributed by atoms with Crippen molar-refractivity contribution in [3.63, 3.8) is 0 Å². The van der Waals surface area contributed by atoms with Gasteiger partial charge in [0, 0.05) is 5.39 Å². The van der Waals surface area contributed by atoms with Crippen molar-refractivity contribution in [2.75, 3.05) is 7.11 Å². The molecule has 0 unspecified atom stereocenters. The van der Waals surface area contributed by atoms with Gasteiger partial charge in [-0.1, -0.05) is 42.5 Å². The first-order valence-electron chi connectivity index (χ1n) is 12.3. The summed E-state index contributed by atoms with van der Waals surface area (Å²) >= 11 is 3.53. The van der Waals surface area contributed by atoms with Crippen LogP contribution in [-0.2, 0) is 6.61 Å². The fourth-order valence-corrected chi connectivity index (χ4v) is 4.92. The molecule has 7 nitrogen and oxygen atoms in total. The third kappa shape index (κ3) is 4.99. The Morgan fingerprint density at radius 1 is 1.02 bits per heavy atom. The van der Waals surface area contributed by atoms with E-state index in [1.54, 1.807) is 42.5 Å². The van der Waals surface area contributed by atoms with Crippen LogP contribution in [0.25, 0.3) is 33.5 Å². The Morgan fingerprint density at radius 3 is 2.67 bits per heavy atom. The summed E-state index contributed by atoms with van der Waals surface area (Å²) in [6, 6.07) is 26.2. The normalized spacial score (nSPS) is 11.5. The third-order valence-electron chi connectivity index (χ3n) is 6.25. The lowest BCUT2D eigenvalue weighted by molar-refractivity contribution is 0.282. The molecule has 0 spiro atoms. The van der Waals surface area contributed by atoms with E-state index in [-0.39, 0.29) is 23.8 Å². The summed E-state index contributed by atoms with van der Waals surface area (Å²) in [6.45, 7) is 0.152. The van der Waals surface area contributed by atoms with Gasteiger partial charge in [0.25, 0.3) is 5.56 Å². The van der Waals surface area contributed by atoms with Crippen LogP contribution in [0.3, 0.4) is 0 Å². The van der Waals surface area contributed by atoms with Crippen LogP contribution in [-0.4, -0.2) is 23.0 Å². The SMILES string of the molecule is COc1cc(C=Nn2c(-c3cc4ccccc4o3)nc3ccccc3c2=O)cc(Br)c1OCc1cccc(F)c1. The predicted molar refractivity (Wildman–Crippen MR) is 156 cm³/mol. The highest BCUT2D eigenvalue weighted by atomic mass is 79.9. The molecule has 198 valence electrons. The topological polar surface area (TPSA) is 78.9 Å². The maximum Gasteiger partial charge on any atom is 0.282 e. The standard InChI is InChI=1S/C31H21BrFN3O4/c1-38-27-15-20(14-24(32)29(27)39-18-19-7-6-9-22(33)13-19)17-34-36-30(28-16-21-8-2-5-12-26(21)40-28)35-25-11-4-3-10-23(25)31(36)37/h2-17H,18H2,1H3. The summed E-state index contributed by atoms with van der Waals surface area (Å²) in [6.07, 6.45) is 1.54. The predicted octanol–water partition coefficient (Wildman–Crippen LogP) is 7.18. The minimum absolute atomic E-state index is 0.152. The van der Waals surface area contributed by atoms with Crippen molar-refractivity contribution in [1.29, 1.82) is 0 Å². The summed E-state index contributed by atoms with van der Waals surface area (Å²) in [7, 11) is 1.52. The molecule has 4 aromatic carbocycles. The van der Waals surface area contributed by atoms with Gasteiger partial charge in [-0.3, -0.25) is 4.79 Å². The third-order valence-corrected chi connectivity index (χ3v) is 6.84. The van der Waals surface area contributed by atoms with Gasteiger partial charge in [-0.25, -0.2) is 9.37 Å². The Balaban J connectivity index is 1.39. The van der Waals surface area contributed by atoms with Crippen molar-refractivity contribution in [2.45, 2.75) is 6.61 Å². The van der Waals surface area contributed by atoms with Gasteiger partial charge in [0.05, 0.1) is 28.7 Å². The number of benzene rings is 4. The Hall–Kier alpha value is -4.76. The van der Waals surface area contributed by atoms with Crippen LogP contribution in [0, 0.1) is 5.82 Å². The van der Waals surface area contributed by atoms with E-state index in [2.05, 4.69) is 21.0 Å². The number of rotatable bonds is 7. The second kappa shape index (κ2) is 10.8. The lowest BCUT2D eigenvalue weighted by Gasteiger charge is -2.14. The Kier molecular flexibility index (Phi) is 6.88. The van der Waals surface area contributed by atoms with Crippen LogP contribution in [0.1, 0.15) is 11.1 Å². The molecule has 2 heterocycles. The summed E-state index contributed by atoms with van der Waals surface area (Å²) in [5.74, 6) is 1.25. The zero-order chi connectivity index (χ0) is 27.6. The van der Waals surface area contributed by atoms with Gasteiger partial charge in [-0.05, 0) is 75.6 Å². The van der Waals surface area contributed by atoms with Crippen molar-refractivity contribution in [1.82, 2.24) is 9.66 Å². The molecule has 0 aliphatic rings. The molecule has 0 aliphatic carbocycles. The van der Waals surface area contributed by atoms with Gasteiger partial charge in [0.1, 0.15) is 18.0 Å². The fourth-order valence-electron chi connectivity index (χ4n) is 4.34. The summed E-state index contributed by atoms with van der Waals surface area (Å²) in [5.41, 5.74) is 2.20. The van der Waals surface area contributed by atoms with Crippen molar-refractivity contribution in [2.24, 2.45) is 5.10 Å². The maximum absolute atomic E-state index is 13.6. The lowest BCUT2D eigenvalue weighted by Crippen LogP contribution is -2.20. The van der Waals surface area contributed by atoms with Crippen molar-refractivity contribution in [3.8, 4) is 23.1 Å². The molecule has 9 heteroatoms. The second-order valence-electron chi connectivity index (χ2n) is 8.92. The molecule has 0 aliphatic heterocycles. The van der Waals surface area contributed by atoms with E-state index in [0.717, 1.165) is 5.39 Å². The molecule has 0 fully saturated rings. The molecule has 0 saturated heterocycles. The molecule has 2 aromatic heterocycles. The number of aromatic nitrogens is 2. The fraction of sp³-hybridized carbons (Fsp3) is 0.0645. The van der Waals surface area contributed by atoms with Gasteiger partial charge in [0.2, 0.25) is 5.82 Å². The highest BCUT2D eigenvalue weighted by Gasteiger charge is 2.17. The zero-order valence-corrected chi connectivity index (χ0v) is 22.8. The van der Waals surface area contributed by atoms with E-state index in [1.807, 2.05) is 36.4 Å². The van der Waals surface area contributed by atoms with Gasteiger partial charge in [-0.2, -0.15) is 9.78 Å². The smallest absolute Gasteiger partial charge is 0.282 e. The van der Waals surface area contributed by atoms with Gasteiger partial charge in [-0.15, -0.1) is 0 Å². The number of nitrogens with zero attached hydrogens (tertiary/aromatic N) is 3. The highest BCUT2D eigenvalue weighted by molar-refractivity contribution is 9.10. The molecular formula is C31H21BrFN3O4. The van der Waals surface area contributed by atoms with Crippen LogP contribution in [0.5, 0.6) is 11.5 Å². The summed E-state index contributed by atoms with van der Waals surface area (Å²) in [4.78, 5) is 18.2. The molecule has 0 radical (unpaired) electrons. The van der Waals surface area contributed by atoms with Crippen LogP contribution in [0.15, 0.2) is 110 Å². The second-order valence-corrected chi connectivity index (χ2v) is 9.77. The largest absolute Gasteiger partial charge is 0.493 e. The van der Waals surface area contributed by atoms with Crippen molar-refractivity contribution in [3.05, 3.63) is 123 Å². The molecule has 6 rings (SSSR count). The van der Waals surface area contributed by atoms with Crippen LogP contribution >= 0.6 is 15.9 Å². The maximum atomic E-state index is 13.6. The molecule has 0 N–H and O–H groups in total. The first kappa shape index (κ1) is 25.5. The summed E-state index contributed by atoms with van der Waals surface area (Å²) < 4.78 is 32.9. The number of halogens is 2. The quantitative estimate of drug-likeness (QED) is 0.182. The lowest BCUT2D eigenvalue weighted by atomic mass is 10.2. The number of methoxy groups -OCH3 is 1. The number of para-hydroxylation sites is 2. The average molecular weight is 598 g/mol. The molecule has 0 amide bonds. The number of furan rings is 1. The van der Waals surface area contributed by atoms with E-state index in [1.165, 1.54) is 30.1 Å². The minimum atomic E-state index is -0.335. The Bertz CT molecular complexity index is 1930. The molecule has 0 bridgehead atoms. The van der Waals surface area contributed by atoms with E-state index >= 15 is 0 Å². The monoisotopic (exact) mass is 597 g/mol. The van der Waals surface area contributed by atoms with Gasteiger partial charge < -0.3 is 13.9 Å². The molecule has 6 aromatic rings. The van der Waals surface area contributed by atoms with E-state index in [4.69, 9.17) is 18.9 Å². The van der Waals surface area contributed by atoms with E-state index < -0.39 is 0 Å². The van der Waals surface area contributed by atoms with Gasteiger partial charge >= 0.3 is 0 Å².